The highest BCUT2D eigenvalue weighted by Gasteiger charge is 2.24. The molecule has 0 aromatic heterocycles. The van der Waals surface area contributed by atoms with Crippen LogP contribution in [0.5, 0.6) is 0 Å². The van der Waals surface area contributed by atoms with Crippen LogP contribution in [0.2, 0.25) is 0 Å². The van der Waals surface area contributed by atoms with E-state index in [1.807, 2.05) is 0 Å². The molecule has 35 heavy (non-hydrogen) atoms. The predicted molar refractivity (Wildman–Crippen MR) is 141 cm³/mol. The van der Waals surface area contributed by atoms with E-state index in [1.165, 1.54) is 94.8 Å². The smallest absolute Gasteiger partial charge is 0.431 e. The van der Waals surface area contributed by atoms with Gasteiger partial charge in [-0.1, -0.05) is 53.4 Å². The summed E-state index contributed by atoms with van der Waals surface area (Å²) in [6.07, 6.45) is 11.1. The molecule has 208 valence electrons. The van der Waals surface area contributed by atoms with Crippen LogP contribution in [-0.4, -0.2) is 50.5 Å². The van der Waals surface area contributed by atoms with Gasteiger partial charge in [0, 0.05) is 0 Å². The molecule has 0 fully saturated rings. The Balaban J connectivity index is -0.000000483. The van der Waals surface area contributed by atoms with Crippen LogP contribution < -0.4 is 4.89 Å². The summed E-state index contributed by atoms with van der Waals surface area (Å²) in [6.45, 7) is 20.3. The molecule has 9 nitrogen and oxygen atoms in total. The Morgan fingerprint density at radius 2 is 0.943 bits per heavy atom. The molecule has 1 unspecified atom stereocenters. The summed E-state index contributed by atoms with van der Waals surface area (Å²) in [4.78, 5) is 10.0. The van der Waals surface area contributed by atoms with E-state index < -0.39 is 15.2 Å². The molecule has 0 heterocycles. The summed E-state index contributed by atoms with van der Waals surface area (Å²) in [7, 11) is -7.51. The fourth-order valence-corrected chi connectivity index (χ4v) is 4.55. The van der Waals surface area contributed by atoms with Gasteiger partial charge in [-0.05, 0) is 46.5 Å². The number of hydrogen-bond acceptors (Lipinski definition) is 8. The summed E-state index contributed by atoms with van der Waals surface area (Å²) in [5.41, 5.74) is 0. The van der Waals surface area contributed by atoms with Gasteiger partial charge in [-0.2, -0.15) is 10.5 Å². The van der Waals surface area contributed by atoms with E-state index in [0.29, 0.717) is 0 Å². The molecule has 0 aliphatic rings. The van der Waals surface area contributed by atoms with Crippen LogP contribution in [0.15, 0.2) is 0 Å². The molecule has 0 aliphatic heterocycles. The highest BCUT2D eigenvalue weighted by Crippen LogP contribution is 2.46. The maximum absolute atomic E-state index is 11.0. The summed E-state index contributed by atoms with van der Waals surface area (Å²) in [5, 5.41) is 16.1. The zero-order chi connectivity index (χ0) is 27.6. The van der Waals surface area contributed by atoms with Crippen molar-refractivity contribution in [2.24, 2.45) is 0 Å². The zero-order valence-electron chi connectivity index (χ0n) is 23.3. The lowest BCUT2D eigenvalue weighted by molar-refractivity contribution is -0.929. The van der Waals surface area contributed by atoms with Gasteiger partial charge < -0.3 is 13.9 Å². The van der Waals surface area contributed by atoms with Gasteiger partial charge >= 0.3 is 7.60 Å². The number of hydrogen-bond donors (Lipinski definition) is 0. The van der Waals surface area contributed by atoms with Gasteiger partial charge in [-0.3, -0.25) is 13.6 Å². The largest absolute Gasteiger partial charge is 0.767 e. The molecule has 0 N–H and O–H groups in total. The second-order valence-electron chi connectivity index (χ2n) is 8.10. The molecule has 0 rings (SSSR count). The lowest BCUT2D eigenvalue weighted by Gasteiger charge is -2.39. The number of quaternary nitrogens is 1. The average Bonchev–Trinajstić information content (AvgIpc) is 2.84. The van der Waals surface area contributed by atoms with Gasteiger partial charge in [-0.25, -0.2) is 4.57 Å². The molecular formula is C24H51N3O6P2. The molecular weight excluding hydrogens is 488 g/mol. The van der Waals surface area contributed by atoms with Crippen LogP contribution in [0.1, 0.15) is 99.8 Å². The molecule has 0 amide bonds. The average molecular weight is 540 g/mol. The first-order valence-corrected chi connectivity index (χ1v) is 16.2. The fourth-order valence-electron chi connectivity index (χ4n) is 3.28. The van der Waals surface area contributed by atoms with E-state index >= 15 is 0 Å². The number of nitriles is 2. The number of rotatable bonds is 18. The van der Waals surface area contributed by atoms with E-state index in [0.717, 1.165) is 5.81 Å². The SMILES string of the molecule is CCCC[N+](CCCC)(CCCC)CCCC.CCOP(=O)(C#N)OCC.CCOP(=O)([O-])C#N. The topological polar surface area (TPSA) is 132 Å². The van der Waals surface area contributed by atoms with Crippen LogP contribution in [0, 0.1) is 22.1 Å². The molecule has 0 aliphatic carbocycles. The minimum absolute atomic E-state index is 0.0222. The number of nitrogens with zero attached hydrogens (tertiary/aromatic N) is 3. The van der Waals surface area contributed by atoms with Crippen molar-refractivity contribution in [3.05, 3.63) is 0 Å². The van der Waals surface area contributed by atoms with Crippen LogP contribution >= 0.6 is 15.2 Å². The first-order valence-electron chi connectivity index (χ1n) is 13.1. The maximum atomic E-state index is 11.0. The Bertz CT molecular complexity index is 617. The van der Waals surface area contributed by atoms with Crippen LogP contribution in [0.4, 0.5) is 0 Å². The Labute approximate surface area is 215 Å². The van der Waals surface area contributed by atoms with Gasteiger partial charge in [-0.15, -0.1) is 0 Å². The zero-order valence-corrected chi connectivity index (χ0v) is 25.1. The quantitative estimate of drug-likeness (QED) is 0.137. The standard InChI is InChI=1S/C16H36N.C5H10NO3P.C3H6NO3P/c1-5-9-13-17(14-10-6-2,15-11-7-3)16-12-8-4;1-3-8-10(7,5-6)9-4-2;1-2-7-8(5,6)3-4/h5-16H2,1-4H3;3-4H2,1-2H3;2H2,1H3,(H,5,6)/q+1;;/p-1. The Hall–Kier alpha value is -0.760. The van der Waals surface area contributed by atoms with E-state index in [1.54, 1.807) is 13.8 Å². The minimum Gasteiger partial charge on any atom is -0.767 e. The number of unbranched alkanes of at least 4 members (excludes halogenated alkanes) is 4. The summed E-state index contributed by atoms with van der Waals surface area (Å²) < 4.78 is 35.6. The van der Waals surface area contributed by atoms with E-state index in [-0.39, 0.29) is 19.8 Å². The molecule has 0 aromatic rings. The highest BCUT2D eigenvalue weighted by atomic mass is 31.2. The molecule has 0 aromatic carbocycles. The van der Waals surface area contributed by atoms with Crippen molar-refractivity contribution in [3.63, 3.8) is 0 Å². The molecule has 0 saturated heterocycles. The molecule has 0 saturated carbocycles. The van der Waals surface area contributed by atoms with Gasteiger partial charge in [0.2, 0.25) is 7.60 Å². The third-order valence-electron chi connectivity index (χ3n) is 5.09. The minimum atomic E-state index is -4.12. The monoisotopic (exact) mass is 539 g/mol. The van der Waals surface area contributed by atoms with Gasteiger partial charge in [0.05, 0.1) is 46.0 Å². The van der Waals surface area contributed by atoms with E-state index in [4.69, 9.17) is 10.5 Å². The first kappa shape index (κ1) is 38.8. The summed E-state index contributed by atoms with van der Waals surface area (Å²) in [5.74, 6) is 2.51. The van der Waals surface area contributed by atoms with E-state index in [9.17, 15) is 14.0 Å². The molecule has 1 atom stereocenters. The van der Waals surface area contributed by atoms with Crippen molar-refractivity contribution < 1.29 is 32.1 Å². The summed E-state index contributed by atoms with van der Waals surface area (Å²) >= 11 is 0. The van der Waals surface area contributed by atoms with Crippen LogP contribution in [0.3, 0.4) is 0 Å². The van der Waals surface area contributed by atoms with Crippen LogP contribution in [-0.2, 0) is 22.7 Å². The van der Waals surface area contributed by atoms with Crippen molar-refractivity contribution in [1.82, 2.24) is 0 Å². The van der Waals surface area contributed by atoms with Crippen molar-refractivity contribution >= 4 is 15.2 Å². The van der Waals surface area contributed by atoms with Crippen molar-refractivity contribution in [2.75, 3.05) is 46.0 Å². The lowest BCUT2D eigenvalue weighted by Crippen LogP contribution is -2.50. The third-order valence-corrected chi connectivity index (χ3v) is 7.37. The second-order valence-corrected chi connectivity index (χ2v) is 11.3. The van der Waals surface area contributed by atoms with Gasteiger partial charge in [0.1, 0.15) is 5.81 Å². The molecule has 11 heteroatoms. The summed E-state index contributed by atoms with van der Waals surface area (Å²) in [6, 6.07) is 0. The van der Waals surface area contributed by atoms with Crippen molar-refractivity contribution in [3.8, 4) is 11.6 Å². The van der Waals surface area contributed by atoms with E-state index in [2.05, 4.69) is 41.3 Å². The second kappa shape index (κ2) is 24.9. The molecule has 0 spiro atoms. The predicted octanol–water partition coefficient (Wildman–Crippen LogP) is 6.79. The van der Waals surface area contributed by atoms with Crippen molar-refractivity contribution in [2.45, 2.75) is 99.8 Å². The van der Waals surface area contributed by atoms with Gasteiger partial charge in [0.15, 0.2) is 5.81 Å². The molecule has 0 bridgehead atoms. The van der Waals surface area contributed by atoms with Crippen LogP contribution in [0.25, 0.3) is 0 Å². The maximum Gasteiger partial charge on any atom is 0.431 e. The van der Waals surface area contributed by atoms with Crippen molar-refractivity contribution in [1.29, 1.82) is 10.5 Å². The Morgan fingerprint density at radius 3 is 1.11 bits per heavy atom. The van der Waals surface area contributed by atoms with Gasteiger partial charge in [0.25, 0.3) is 0 Å². The molecule has 0 radical (unpaired) electrons. The Kier molecular flexibility index (Phi) is 27.6. The lowest BCUT2D eigenvalue weighted by atomic mass is 10.1. The highest BCUT2D eigenvalue weighted by molar-refractivity contribution is 7.59. The Morgan fingerprint density at radius 1 is 0.629 bits per heavy atom. The third kappa shape index (κ3) is 23.4. The first-order chi connectivity index (χ1) is 16.5. The normalized spacial score (nSPS) is 12.7. The fraction of sp³-hybridized carbons (Fsp3) is 0.917.